The molecule has 0 heterocycles. The molecular weight excluding hydrogens is 134 g/mol. The van der Waals surface area contributed by atoms with Gasteiger partial charge in [-0.25, -0.2) is 0 Å². The molecule has 4 heteroatoms. The Morgan fingerprint density at radius 3 is 2.40 bits per heavy atom. The Morgan fingerprint density at radius 2 is 2.10 bits per heavy atom. The minimum atomic E-state index is -0.933. The number of hydrogen-bond donors (Lipinski definition) is 3. The maximum Gasteiger partial charge on any atom is 0.122 e. The molecule has 0 aromatic carbocycles. The summed E-state index contributed by atoms with van der Waals surface area (Å²) in [6, 6.07) is -0.731. The molecule has 0 aromatic rings. The summed E-state index contributed by atoms with van der Waals surface area (Å²) in [5.74, 6) is 0. The van der Waals surface area contributed by atoms with Crippen LogP contribution in [-0.2, 0) is 4.79 Å². The van der Waals surface area contributed by atoms with Crippen LogP contribution < -0.4 is 5.73 Å². The second-order valence-corrected chi connectivity index (χ2v) is 2.29. The standard InChI is InChI=1S/C6H13NO3/c1-4(9)6(7)5(10)2-3-8/h3-6,9-10H,2,7H2,1H3/t4-,5-,6+/m0/s1. The Morgan fingerprint density at radius 1 is 1.60 bits per heavy atom. The summed E-state index contributed by atoms with van der Waals surface area (Å²) in [4.78, 5) is 9.85. The zero-order chi connectivity index (χ0) is 8.15. The molecule has 0 aliphatic rings. The van der Waals surface area contributed by atoms with Crippen molar-refractivity contribution in [2.24, 2.45) is 5.73 Å². The van der Waals surface area contributed by atoms with E-state index < -0.39 is 18.2 Å². The fourth-order valence-corrected chi connectivity index (χ4v) is 0.577. The van der Waals surface area contributed by atoms with Gasteiger partial charge in [-0.05, 0) is 6.92 Å². The summed E-state index contributed by atoms with van der Waals surface area (Å²) in [6.45, 7) is 1.47. The maximum atomic E-state index is 9.85. The predicted molar refractivity (Wildman–Crippen MR) is 36.3 cm³/mol. The SMILES string of the molecule is C[C@H](O)[C@@H](N)[C@@H](O)CC=O. The Balaban J connectivity index is 3.68. The summed E-state index contributed by atoms with van der Waals surface area (Å²) >= 11 is 0. The van der Waals surface area contributed by atoms with Gasteiger partial charge >= 0.3 is 0 Å². The topological polar surface area (TPSA) is 83.6 Å². The highest BCUT2D eigenvalue weighted by Crippen LogP contribution is 1.98. The van der Waals surface area contributed by atoms with Crippen molar-refractivity contribution < 1.29 is 15.0 Å². The predicted octanol–water partition coefficient (Wildman–Crippen LogP) is -1.36. The lowest BCUT2D eigenvalue weighted by atomic mass is 10.1. The maximum absolute atomic E-state index is 9.85. The second kappa shape index (κ2) is 4.38. The molecule has 0 saturated carbocycles. The molecule has 0 aliphatic carbocycles. The molecule has 0 spiro atoms. The Kier molecular flexibility index (Phi) is 4.18. The van der Waals surface area contributed by atoms with E-state index in [0.29, 0.717) is 6.29 Å². The molecule has 0 radical (unpaired) electrons. The lowest BCUT2D eigenvalue weighted by Crippen LogP contribution is -2.43. The molecule has 4 N–H and O–H groups in total. The van der Waals surface area contributed by atoms with Crippen LogP contribution in [0.25, 0.3) is 0 Å². The van der Waals surface area contributed by atoms with Crippen molar-refractivity contribution in [2.45, 2.75) is 31.6 Å². The van der Waals surface area contributed by atoms with Gasteiger partial charge in [0.2, 0.25) is 0 Å². The summed E-state index contributed by atoms with van der Waals surface area (Å²) in [6.07, 6.45) is -1.16. The van der Waals surface area contributed by atoms with Crippen molar-refractivity contribution in [3.8, 4) is 0 Å². The first-order chi connectivity index (χ1) is 4.59. The van der Waals surface area contributed by atoms with E-state index >= 15 is 0 Å². The zero-order valence-electron chi connectivity index (χ0n) is 5.90. The van der Waals surface area contributed by atoms with Crippen LogP contribution in [0.4, 0.5) is 0 Å². The zero-order valence-corrected chi connectivity index (χ0v) is 5.90. The lowest BCUT2D eigenvalue weighted by molar-refractivity contribution is -0.110. The second-order valence-electron chi connectivity index (χ2n) is 2.29. The fraction of sp³-hybridized carbons (Fsp3) is 0.833. The molecular formula is C6H13NO3. The first kappa shape index (κ1) is 9.55. The summed E-state index contributed by atoms with van der Waals surface area (Å²) in [5, 5.41) is 17.8. The number of aliphatic hydroxyl groups is 2. The van der Waals surface area contributed by atoms with Gasteiger partial charge in [0.1, 0.15) is 6.29 Å². The van der Waals surface area contributed by atoms with E-state index in [4.69, 9.17) is 15.9 Å². The van der Waals surface area contributed by atoms with Gasteiger partial charge in [0.25, 0.3) is 0 Å². The van der Waals surface area contributed by atoms with E-state index in [1.807, 2.05) is 0 Å². The minimum Gasteiger partial charge on any atom is -0.392 e. The van der Waals surface area contributed by atoms with Crippen molar-refractivity contribution in [3.63, 3.8) is 0 Å². The molecule has 4 nitrogen and oxygen atoms in total. The molecule has 0 aliphatic heterocycles. The molecule has 0 aromatic heterocycles. The monoisotopic (exact) mass is 147 g/mol. The van der Waals surface area contributed by atoms with Gasteiger partial charge in [0.05, 0.1) is 18.2 Å². The van der Waals surface area contributed by atoms with E-state index in [0.717, 1.165) is 0 Å². The van der Waals surface area contributed by atoms with Crippen LogP contribution in [-0.4, -0.2) is 34.7 Å². The molecule has 0 rings (SSSR count). The van der Waals surface area contributed by atoms with Gasteiger partial charge < -0.3 is 20.7 Å². The van der Waals surface area contributed by atoms with Gasteiger partial charge in [0.15, 0.2) is 0 Å². The highest BCUT2D eigenvalue weighted by Gasteiger charge is 2.18. The van der Waals surface area contributed by atoms with E-state index in [1.165, 1.54) is 6.92 Å². The van der Waals surface area contributed by atoms with Crippen LogP contribution in [0.5, 0.6) is 0 Å². The van der Waals surface area contributed by atoms with Crippen molar-refractivity contribution in [2.75, 3.05) is 0 Å². The largest absolute Gasteiger partial charge is 0.392 e. The van der Waals surface area contributed by atoms with Gasteiger partial charge in [-0.1, -0.05) is 0 Å². The third-order valence-electron chi connectivity index (χ3n) is 1.34. The average molecular weight is 147 g/mol. The number of hydrogen-bond acceptors (Lipinski definition) is 4. The van der Waals surface area contributed by atoms with Crippen LogP contribution in [0.15, 0.2) is 0 Å². The van der Waals surface area contributed by atoms with Crippen LogP contribution >= 0.6 is 0 Å². The quantitative estimate of drug-likeness (QED) is 0.429. The first-order valence-electron chi connectivity index (χ1n) is 3.15. The van der Waals surface area contributed by atoms with Crippen LogP contribution in [0.3, 0.4) is 0 Å². The summed E-state index contributed by atoms with van der Waals surface area (Å²) in [5.41, 5.74) is 5.29. The number of aliphatic hydroxyl groups excluding tert-OH is 2. The van der Waals surface area contributed by atoms with E-state index in [1.54, 1.807) is 0 Å². The molecule has 0 fully saturated rings. The highest BCUT2D eigenvalue weighted by atomic mass is 16.3. The average Bonchev–Trinajstić information content (AvgIpc) is 1.87. The molecule has 0 saturated heterocycles. The minimum absolute atomic E-state index is 0.0218. The van der Waals surface area contributed by atoms with Crippen LogP contribution in [0.2, 0.25) is 0 Å². The lowest BCUT2D eigenvalue weighted by Gasteiger charge is -2.18. The van der Waals surface area contributed by atoms with Gasteiger partial charge in [-0.3, -0.25) is 0 Å². The third kappa shape index (κ3) is 2.91. The number of aldehydes is 1. The number of nitrogens with two attached hydrogens (primary N) is 1. The Hall–Kier alpha value is -0.450. The summed E-state index contributed by atoms with van der Waals surface area (Å²) < 4.78 is 0. The van der Waals surface area contributed by atoms with Crippen molar-refractivity contribution in [3.05, 3.63) is 0 Å². The molecule has 0 bridgehead atoms. The number of carbonyl (C=O) groups is 1. The van der Waals surface area contributed by atoms with Crippen LogP contribution in [0, 0.1) is 0 Å². The Labute approximate surface area is 59.7 Å². The molecule has 0 unspecified atom stereocenters. The van der Waals surface area contributed by atoms with Gasteiger partial charge in [-0.2, -0.15) is 0 Å². The van der Waals surface area contributed by atoms with Gasteiger partial charge in [0, 0.05) is 6.42 Å². The van der Waals surface area contributed by atoms with E-state index in [9.17, 15) is 4.79 Å². The first-order valence-corrected chi connectivity index (χ1v) is 3.15. The summed E-state index contributed by atoms with van der Waals surface area (Å²) in [7, 11) is 0. The molecule has 3 atom stereocenters. The molecule has 0 amide bonds. The van der Waals surface area contributed by atoms with Crippen molar-refractivity contribution in [1.29, 1.82) is 0 Å². The molecule has 10 heavy (non-hydrogen) atoms. The van der Waals surface area contributed by atoms with E-state index in [-0.39, 0.29) is 6.42 Å². The normalized spacial score (nSPS) is 19.6. The Bertz CT molecular complexity index is 105. The smallest absolute Gasteiger partial charge is 0.122 e. The van der Waals surface area contributed by atoms with Crippen LogP contribution in [0.1, 0.15) is 13.3 Å². The highest BCUT2D eigenvalue weighted by molar-refractivity contribution is 5.50. The van der Waals surface area contributed by atoms with Crippen molar-refractivity contribution in [1.82, 2.24) is 0 Å². The number of rotatable bonds is 4. The van der Waals surface area contributed by atoms with E-state index in [2.05, 4.69) is 0 Å². The third-order valence-corrected chi connectivity index (χ3v) is 1.34. The fourth-order valence-electron chi connectivity index (χ4n) is 0.577. The van der Waals surface area contributed by atoms with Gasteiger partial charge in [-0.15, -0.1) is 0 Å². The molecule has 60 valence electrons. The number of carbonyl (C=O) groups excluding carboxylic acids is 1. The van der Waals surface area contributed by atoms with Crippen molar-refractivity contribution >= 4 is 6.29 Å².